The van der Waals surface area contributed by atoms with Crippen LogP contribution in [0.5, 0.6) is 0 Å². The van der Waals surface area contributed by atoms with E-state index in [-0.39, 0.29) is 0 Å². The van der Waals surface area contributed by atoms with Gasteiger partial charge < -0.3 is 0 Å². The number of rotatable bonds is 3. The Morgan fingerprint density at radius 2 is 1.47 bits per heavy atom. The van der Waals surface area contributed by atoms with E-state index in [0.717, 1.165) is 34.4 Å². The SMILES string of the molecule is CCCC1CCC(C#Cc2ccc3cc(-c4cc(F)c(F)c(F)c4)ccc3c2)CC1. The van der Waals surface area contributed by atoms with Crippen molar-refractivity contribution < 1.29 is 13.2 Å². The van der Waals surface area contributed by atoms with E-state index in [1.807, 2.05) is 30.3 Å². The Bertz CT molecular complexity index is 1090. The van der Waals surface area contributed by atoms with Gasteiger partial charge in [-0.3, -0.25) is 0 Å². The molecule has 3 heteroatoms. The van der Waals surface area contributed by atoms with E-state index in [1.54, 1.807) is 6.07 Å². The minimum atomic E-state index is -1.44. The zero-order chi connectivity index (χ0) is 21.1. The summed E-state index contributed by atoms with van der Waals surface area (Å²) in [5, 5.41) is 1.96. The first-order valence-electron chi connectivity index (χ1n) is 10.7. The fourth-order valence-corrected chi connectivity index (χ4v) is 4.41. The molecule has 3 aromatic carbocycles. The highest BCUT2D eigenvalue weighted by Gasteiger charge is 2.18. The van der Waals surface area contributed by atoms with Crippen LogP contribution in [-0.2, 0) is 0 Å². The third-order valence-corrected chi connectivity index (χ3v) is 6.12. The van der Waals surface area contributed by atoms with Crippen LogP contribution in [0.15, 0.2) is 48.5 Å². The normalized spacial score (nSPS) is 18.8. The van der Waals surface area contributed by atoms with Crippen molar-refractivity contribution in [1.29, 1.82) is 0 Å². The fourth-order valence-electron chi connectivity index (χ4n) is 4.41. The number of fused-ring (bicyclic) bond motifs is 1. The highest BCUT2D eigenvalue weighted by Crippen LogP contribution is 2.31. The quantitative estimate of drug-likeness (QED) is 0.306. The van der Waals surface area contributed by atoms with Gasteiger partial charge in [0.15, 0.2) is 17.5 Å². The van der Waals surface area contributed by atoms with Crippen LogP contribution in [0, 0.1) is 41.1 Å². The minimum absolute atomic E-state index is 0.316. The third kappa shape index (κ3) is 4.54. The lowest BCUT2D eigenvalue weighted by Gasteiger charge is -2.25. The van der Waals surface area contributed by atoms with Crippen molar-refractivity contribution in [2.45, 2.75) is 45.4 Å². The Labute approximate surface area is 176 Å². The molecule has 30 heavy (non-hydrogen) atoms. The van der Waals surface area contributed by atoms with Gasteiger partial charge in [0.25, 0.3) is 0 Å². The summed E-state index contributed by atoms with van der Waals surface area (Å²) in [6, 6.07) is 13.6. The van der Waals surface area contributed by atoms with Crippen molar-refractivity contribution >= 4 is 10.8 Å². The molecule has 154 valence electrons. The van der Waals surface area contributed by atoms with Crippen LogP contribution in [-0.4, -0.2) is 0 Å². The standard InChI is InChI=1S/C27H25F3/c1-2-3-18-4-6-19(7-5-18)8-9-20-10-11-22-15-23(13-12-21(22)14-20)24-16-25(28)27(30)26(29)17-24/h10-19H,2-7H2,1H3. The van der Waals surface area contributed by atoms with Crippen LogP contribution >= 0.6 is 0 Å². The van der Waals surface area contributed by atoms with E-state index in [2.05, 4.69) is 18.8 Å². The smallest absolute Gasteiger partial charge is 0.194 e. The van der Waals surface area contributed by atoms with Crippen molar-refractivity contribution in [1.82, 2.24) is 0 Å². The third-order valence-electron chi connectivity index (χ3n) is 6.12. The van der Waals surface area contributed by atoms with Crippen molar-refractivity contribution in [3.05, 3.63) is 71.5 Å². The van der Waals surface area contributed by atoms with E-state index in [0.29, 0.717) is 17.0 Å². The van der Waals surface area contributed by atoms with Crippen LogP contribution in [0.4, 0.5) is 13.2 Å². The summed E-state index contributed by atoms with van der Waals surface area (Å²) >= 11 is 0. The van der Waals surface area contributed by atoms with Crippen molar-refractivity contribution in [2.75, 3.05) is 0 Å². The summed E-state index contributed by atoms with van der Waals surface area (Å²) in [5.74, 6) is 4.34. The Kier molecular flexibility index (Phi) is 6.13. The summed E-state index contributed by atoms with van der Waals surface area (Å²) in [6.45, 7) is 2.25. The van der Waals surface area contributed by atoms with Gasteiger partial charge in [-0.15, -0.1) is 0 Å². The maximum absolute atomic E-state index is 13.6. The summed E-state index contributed by atoms with van der Waals surface area (Å²) in [7, 11) is 0. The second-order valence-corrected chi connectivity index (χ2v) is 8.31. The highest BCUT2D eigenvalue weighted by molar-refractivity contribution is 5.88. The highest BCUT2D eigenvalue weighted by atomic mass is 19.2. The minimum Gasteiger partial charge on any atom is -0.204 e. The van der Waals surface area contributed by atoms with E-state index >= 15 is 0 Å². The lowest BCUT2D eigenvalue weighted by atomic mass is 9.80. The molecule has 0 bridgehead atoms. The topological polar surface area (TPSA) is 0 Å². The number of benzene rings is 3. The molecule has 0 heterocycles. The lowest BCUT2D eigenvalue weighted by molar-refractivity contribution is 0.300. The molecule has 0 aliphatic heterocycles. The fraction of sp³-hybridized carbons (Fsp3) is 0.333. The summed E-state index contributed by atoms with van der Waals surface area (Å²) in [5.41, 5.74) is 1.93. The Morgan fingerprint density at radius 1 is 0.800 bits per heavy atom. The molecule has 0 unspecified atom stereocenters. The largest absolute Gasteiger partial charge is 0.204 e. The summed E-state index contributed by atoms with van der Waals surface area (Å²) < 4.78 is 40.3. The molecule has 0 radical (unpaired) electrons. The molecule has 3 aromatic rings. The molecular weight excluding hydrogens is 381 g/mol. The van der Waals surface area contributed by atoms with Crippen LogP contribution in [0.2, 0.25) is 0 Å². The van der Waals surface area contributed by atoms with Gasteiger partial charge in [0.05, 0.1) is 0 Å². The molecule has 0 atom stereocenters. The van der Waals surface area contributed by atoms with Gasteiger partial charge in [0.1, 0.15) is 0 Å². The first-order valence-corrected chi connectivity index (χ1v) is 10.7. The molecule has 1 aliphatic rings. The maximum atomic E-state index is 13.6. The molecule has 0 aromatic heterocycles. The van der Waals surface area contributed by atoms with Gasteiger partial charge in [-0.05, 0) is 83.8 Å². The van der Waals surface area contributed by atoms with Crippen molar-refractivity contribution in [3.8, 4) is 23.0 Å². The zero-order valence-electron chi connectivity index (χ0n) is 17.2. The molecule has 4 rings (SSSR count). The van der Waals surface area contributed by atoms with Crippen LogP contribution in [0.3, 0.4) is 0 Å². The molecule has 1 saturated carbocycles. The Morgan fingerprint density at radius 3 is 2.17 bits per heavy atom. The molecule has 0 spiro atoms. The number of halogens is 3. The average molecular weight is 406 g/mol. The zero-order valence-corrected chi connectivity index (χ0v) is 17.2. The predicted octanol–water partition coefficient (Wildman–Crippen LogP) is 7.88. The molecule has 1 fully saturated rings. The second-order valence-electron chi connectivity index (χ2n) is 8.31. The maximum Gasteiger partial charge on any atom is 0.194 e. The van der Waals surface area contributed by atoms with Crippen molar-refractivity contribution in [3.63, 3.8) is 0 Å². The van der Waals surface area contributed by atoms with Crippen LogP contribution < -0.4 is 0 Å². The number of hydrogen-bond acceptors (Lipinski definition) is 0. The van der Waals surface area contributed by atoms with E-state index < -0.39 is 17.5 Å². The van der Waals surface area contributed by atoms with Gasteiger partial charge in [0, 0.05) is 11.5 Å². The molecule has 0 saturated heterocycles. The molecule has 0 N–H and O–H groups in total. The number of hydrogen-bond donors (Lipinski definition) is 0. The van der Waals surface area contributed by atoms with Gasteiger partial charge in [-0.1, -0.05) is 49.8 Å². The van der Waals surface area contributed by atoms with Crippen molar-refractivity contribution in [2.24, 2.45) is 11.8 Å². The van der Waals surface area contributed by atoms with Gasteiger partial charge in [0.2, 0.25) is 0 Å². The molecule has 0 nitrogen and oxygen atoms in total. The average Bonchev–Trinajstić information content (AvgIpc) is 2.76. The van der Waals surface area contributed by atoms with E-state index in [4.69, 9.17) is 0 Å². The van der Waals surface area contributed by atoms with Gasteiger partial charge in [-0.25, -0.2) is 13.2 Å². The Balaban J connectivity index is 1.52. The predicted molar refractivity (Wildman–Crippen MR) is 116 cm³/mol. The van der Waals surface area contributed by atoms with Gasteiger partial charge in [-0.2, -0.15) is 0 Å². The first kappa shape index (κ1) is 20.5. The van der Waals surface area contributed by atoms with Gasteiger partial charge >= 0.3 is 0 Å². The molecular formula is C27H25F3. The monoisotopic (exact) mass is 406 g/mol. The summed E-state index contributed by atoms with van der Waals surface area (Å²) in [6.07, 6.45) is 7.57. The second kappa shape index (κ2) is 8.96. The molecule has 1 aliphatic carbocycles. The van der Waals surface area contributed by atoms with E-state index in [9.17, 15) is 13.2 Å². The summed E-state index contributed by atoms with van der Waals surface area (Å²) in [4.78, 5) is 0. The first-order chi connectivity index (χ1) is 14.5. The van der Waals surface area contributed by atoms with E-state index in [1.165, 1.54) is 38.5 Å². The molecule has 0 amide bonds. The Hall–Kier alpha value is -2.73. The van der Waals surface area contributed by atoms with Crippen LogP contribution in [0.1, 0.15) is 51.0 Å². The lowest BCUT2D eigenvalue weighted by Crippen LogP contribution is -2.13. The van der Waals surface area contributed by atoms with Crippen LogP contribution in [0.25, 0.3) is 21.9 Å².